The molecule has 2 rings (SSSR count). The second-order valence-corrected chi connectivity index (χ2v) is 5.42. The van der Waals surface area contributed by atoms with Crippen molar-refractivity contribution in [1.29, 1.82) is 0 Å². The smallest absolute Gasteiger partial charge is 0.320 e. The molecular formula is C14H12BrF3N2. The van der Waals surface area contributed by atoms with Crippen LogP contribution in [0.15, 0.2) is 41.1 Å². The highest BCUT2D eigenvalue weighted by atomic mass is 79.9. The molecule has 2 nitrogen and oxygen atoms in total. The van der Waals surface area contributed by atoms with E-state index in [2.05, 4.69) is 20.9 Å². The van der Waals surface area contributed by atoms with Crippen LogP contribution in [0, 0.1) is 6.92 Å². The lowest BCUT2D eigenvalue weighted by Crippen LogP contribution is -2.19. The third kappa shape index (κ3) is 3.19. The van der Waals surface area contributed by atoms with Crippen molar-refractivity contribution >= 4 is 15.9 Å². The molecule has 20 heavy (non-hydrogen) atoms. The summed E-state index contributed by atoms with van der Waals surface area (Å²) in [5, 5.41) is 0. The summed E-state index contributed by atoms with van der Waals surface area (Å²) in [5.74, 6) is 0. The average molecular weight is 345 g/mol. The Morgan fingerprint density at radius 1 is 1.25 bits per heavy atom. The largest absolute Gasteiger partial charge is 0.416 e. The molecule has 2 aromatic rings. The zero-order valence-corrected chi connectivity index (χ0v) is 12.2. The third-order valence-corrected chi connectivity index (χ3v) is 3.37. The first-order valence-corrected chi connectivity index (χ1v) is 6.62. The molecule has 0 amide bonds. The Morgan fingerprint density at radius 3 is 2.55 bits per heavy atom. The molecule has 1 aromatic carbocycles. The van der Waals surface area contributed by atoms with E-state index in [1.807, 2.05) is 13.0 Å². The first kappa shape index (κ1) is 15.0. The molecule has 0 aliphatic rings. The quantitative estimate of drug-likeness (QED) is 0.885. The summed E-state index contributed by atoms with van der Waals surface area (Å²) in [6.45, 7) is 1.86. The van der Waals surface area contributed by atoms with Crippen molar-refractivity contribution in [3.63, 3.8) is 0 Å². The van der Waals surface area contributed by atoms with E-state index in [1.54, 1.807) is 12.1 Å². The molecule has 0 aliphatic heterocycles. The van der Waals surface area contributed by atoms with Crippen molar-refractivity contribution < 1.29 is 13.2 Å². The van der Waals surface area contributed by atoms with Crippen molar-refractivity contribution in [1.82, 2.24) is 4.98 Å². The first-order valence-electron chi connectivity index (χ1n) is 5.83. The van der Waals surface area contributed by atoms with Gasteiger partial charge in [0.15, 0.2) is 0 Å². The van der Waals surface area contributed by atoms with E-state index in [0.717, 1.165) is 22.3 Å². The van der Waals surface area contributed by atoms with Crippen molar-refractivity contribution in [2.45, 2.75) is 19.1 Å². The zero-order valence-electron chi connectivity index (χ0n) is 10.6. The highest BCUT2D eigenvalue weighted by Gasteiger charge is 2.34. The number of hydrogen-bond acceptors (Lipinski definition) is 2. The van der Waals surface area contributed by atoms with Crippen molar-refractivity contribution in [3.05, 3.63) is 63.4 Å². The van der Waals surface area contributed by atoms with Crippen LogP contribution in [-0.2, 0) is 6.18 Å². The fraction of sp³-hybridized carbons (Fsp3) is 0.214. The fourth-order valence-corrected chi connectivity index (χ4v) is 2.66. The maximum Gasteiger partial charge on any atom is 0.416 e. The number of nitrogens with zero attached hydrogens (tertiary/aromatic N) is 1. The van der Waals surface area contributed by atoms with E-state index >= 15 is 0 Å². The van der Waals surface area contributed by atoms with Crippen molar-refractivity contribution in [3.8, 4) is 0 Å². The van der Waals surface area contributed by atoms with Gasteiger partial charge < -0.3 is 5.73 Å². The van der Waals surface area contributed by atoms with Crippen LogP contribution in [0.4, 0.5) is 13.2 Å². The molecule has 1 heterocycles. The average Bonchev–Trinajstić information content (AvgIpc) is 2.35. The Hall–Kier alpha value is -1.40. The number of benzene rings is 1. The molecule has 0 fully saturated rings. The maximum absolute atomic E-state index is 13.0. The summed E-state index contributed by atoms with van der Waals surface area (Å²) >= 11 is 3.32. The minimum absolute atomic E-state index is 0.0301. The fourth-order valence-electron chi connectivity index (χ4n) is 2.04. The minimum atomic E-state index is -4.45. The lowest BCUT2D eigenvalue weighted by molar-refractivity contribution is -0.138. The van der Waals surface area contributed by atoms with Crippen LogP contribution in [-0.4, -0.2) is 4.98 Å². The first-order chi connectivity index (χ1) is 9.29. The van der Waals surface area contributed by atoms with Gasteiger partial charge in [0.2, 0.25) is 0 Å². The van der Waals surface area contributed by atoms with E-state index in [-0.39, 0.29) is 5.56 Å². The number of pyridine rings is 1. The Labute approximate surface area is 123 Å². The van der Waals surface area contributed by atoms with Crippen LogP contribution in [0.3, 0.4) is 0 Å². The molecule has 1 unspecified atom stereocenters. The number of alkyl halides is 3. The molecule has 6 heteroatoms. The highest BCUT2D eigenvalue weighted by Crippen LogP contribution is 2.35. The molecular weight excluding hydrogens is 333 g/mol. The molecule has 0 radical (unpaired) electrons. The van der Waals surface area contributed by atoms with Gasteiger partial charge in [-0.2, -0.15) is 13.2 Å². The molecule has 1 atom stereocenters. The van der Waals surface area contributed by atoms with Crippen LogP contribution >= 0.6 is 15.9 Å². The van der Waals surface area contributed by atoms with Gasteiger partial charge >= 0.3 is 6.18 Å². The second kappa shape index (κ2) is 5.54. The number of halogens is 4. The number of aromatic nitrogens is 1. The molecule has 0 spiro atoms. The summed E-state index contributed by atoms with van der Waals surface area (Å²) in [6, 6.07) is 5.41. The molecule has 0 aliphatic carbocycles. The number of rotatable bonds is 2. The van der Waals surface area contributed by atoms with E-state index in [0.29, 0.717) is 5.56 Å². The summed E-state index contributed by atoms with van der Waals surface area (Å²) in [7, 11) is 0. The number of nitrogens with two attached hydrogens (primary N) is 1. The monoisotopic (exact) mass is 344 g/mol. The summed E-state index contributed by atoms with van der Waals surface area (Å²) < 4.78 is 39.7. The number of hydrogen-bond donors (Lipinski definition) is 1. The Morgan fingerprint density at radius 2 is 1.95 bits per heavy atom. The third-order valence-electron chi connectivity index (χ3n) is 2.92. The van der Waals surface area contributed by atoms with Gasteiger partial charge in [0.05, 0.1) is 11.6 Å². The van der Waals surface area contributed by atoms with Crippen LogP contribution in [0.5, 0.6) is 0 Å². The lowest BCUT2D eigenvalue weighted by atomic mass is 9.95. The van der Waals surface area contributed by atoms with Crippen molar-refractivity contribution in [2.24, 2.45) is 5.73 Å². The van der Waals surface area contributed by atoms with Crippen LogP contribution in [0.25, 0.3) is 0 Å². The van der Waals surface area contributed by atoms with E-state index in [9.17, 15) is 13.2 Å². The molecule has 2 N–H and O–H groups in total. The van der Waals surface area contributed by atoms with Gasteiger partial charge in [-0.1, -0.05) is 22.0 Å². The van der Waals surface area contributed by atoms with Gasteiger partial charge in [0, 0.05) is 22.4 Å². The molecule has 0 saturated carbocycles. The molecule has 0 bridgehead atoms. The standard InChI is InChI=1S/C14H12BrF3N2/c1-8-4-9(6-10(15)5-8)13(19)11-7-20-3-2-12(11)14(16,17)18/h2-7,13H,19H2,1H3. The van der Waals surface area contributed by atoms with E-state index < -0.39 is 17.8 Å². The minimum Gasteiger partial charge on any atom is -0.320 e. The summed E-state index contributed by atoms with van der Waals surface area (Å²) in [6.07, 6.45) is -2.16. The Balaban J connectivity index is 2.51. The van der Waals surface area contributed by atoms with Crippen LogP contribution < -0.4 is 5.73 Å². The van der Waals surface area contributed by atoms with Gasteiger partial charge in [-0.05, 0) is 36.2 Å². The van der Waals surface area contributed by atoms with Gasteiger partial charge in [0.25, 0.3) is 0 Å². The van der Waals surface area contributed by atoms with Gasteiger partial charge in [-0.3, -0.25) is 4.98 Å². The van der Waals surface area contributed by atoms with Crippen molar-refractivity contribution in [2.75, 3.05) is 0 Å². The van der Waals surface area contributed by atoms with Gasteiger partial charge in [-0.25, -0.2) is 0 Å². The normalized spacial score (nSPS) is 13.3. The maximum atomic E-state index is 13.0. The van der Waals surface area contributed by atoms with Crippen LogP contribution in [0.1, 0.15) is 28.3 Å². The molecule has 0 saturated heterocycles. The summed E-state index contributed by atoms with van der Waals surface area (Å²) in [5.41, 5.74) is 6.73. The molecule has 1 aromatic heterocycles. The lowest BCUT2D eigenvalue weighted by Gasteiger charge is -2.18. The second-order valence-electron chi connectivity index (χ2n) is 4.50. The van der Waals surface area contributed by atoms with Gasteiger partial charge in [0.1, 0.15) is 0 Å². The SMILES string of the molecule is Cc1cc(Br)cc(C(N)c2cnccc2C(F)(F)F)c1. The summed E-state index contributed by atoms with van der Waals surface area (Å²) in [4.78, 5) is 3.76. The topological polar surface area (TPSA) is 38.9 Å². The predicted octanol–water partition coefficient (Wildman–Crippen LogP) is 4.22. The number of aryl methyl sites for hydroxylation is 1. The molecule has 106 valence electrons. The predicted molar refractivity (Wildman–Crippen MR) is 74.1 cm³/mol. The van der Waals surface area contributed by atoms with Gasteiger partial charge in [-0.15, -0.1) is 0 Å². The van der Waals surface area contributed by atoms with Crippen LogP contribution in [0.2, 0.25) is 0 Å². The highest BCUT2D eigenvalue weighted by molar-refractivity contribution is 9.10. The zero-order chi connectivity index (χ0) is 14.9. The Bertz CT molecular complexity index is 606. The van der Waals surface area contributed by atoms with E-state index in [1.165, 1.54) is 6.20 Å². The Kier molecular flexibility index (Phi) is 4.15. The van der Waals surface area contributed by atoms with E-state index in [4.69, 9.17) is 5.73 Å².